The third-order valence-corrected chi connectivity index (χ3v) is 3.84. The fraction of sp³-hybridized carbons (Fsp3) is 0.500. The van der Waals surface area contributed by atoms with Gasteiger partial charge < -0.3 is 15.1 Å². The average molecular weight is 291 g/mol. The Hall–Kier alpha value is -1.88. The molecule has 2 N–H and O–H groups in total. The summed E-state index contributed by atoms with van der Waals surface area (Å²) in [5.74, 6) is -1.40. The van der Waals surface area contributed by atoms with Crippen LogP contribution >= 0.6 is 0 Å². The summed E-state index contributed by atoms with van der Waals surface area (Å²) >= 11 is 0. The van der Waals surface area contributed by atoms with E-state index in [0.29, 0.717) is 5.56 Å². The Labute approximate surface area is 124 Å². The quantitative estimate of drug-likeness (QED) is 0.865. The predicted molar refractivity (Wildman–Crippen MR) is 78.1 cm³/mol. The highest BCUT2D eigenvalue weighted by Gasteiger charge is 2.39. The van der Waals surface area contributed by atoms with Crippen LogP contribution in [0.3, 0.4) is 0 Å². The van der Waals surface area contributed by atoms with Crippen LogP contribution in [0.25, 0.3) is 0 Å². The summed E-state index contributed by atoms with van der Waals surface area (Å²) in [7, 11) is 0. The summed E-state index contributed by atoms with van der Waals surface area (Å²) in [6.07, 6.45) is 2.53. The Kier molecular flexibility index (Phi) is 4.96. The van der Waals surface area contributed by atoms with Crippen LogP contribution in [0.2, 0.25) is 0 Å². The molecule has 1 amide bonds. The summed E-state index contributed by atoms with van der Waals surface area (Å²) in [6, 6.07) is 6.34. The Balaban J connectivity index is 2.10. The van der Waals surface area contributed by atoms with E-state index in [2.05, 4.69) is 6.92 Å². The maximum atomic E-state index is 12.4. The molecule has 0 aliphatic carbocycles. The Morgan fingerprint density at radius 2 is 1.95 bits per heavy atom. The summed E-state index contributed by atoms with van der Waals surface area (Å²) in [5, 5.41) is 18.7. The standard InChI is InChI=1S/C16H21NO4/c1-2-3-4-11-5-7-12(8-6-11)15(19)17-10-13(18)9-14(17)16(20)21/h5-8,13-14,18H,2-4,9-10H2,1H3,(H,20,21)/t13-,14-/m1/s1. The van der Waals surface area contributed by atoms with Crippen molar-refractivity contribution in [1.29, 1.82) is 0 Å². The number of aliphatic carboxylic acids is 1. The minimum atomic E-state index is -1.07. The first kappa shape index (κ1) is 15.5. The molecule has 0 saturated carbocycles. The zero-order valence-electron chi connectivity index (χ0n) is 12.2. The van der Waals surface area contributed by atoms with Gasteiger partial charge in [0.1, 0.15) is 6.04 Å². The Morgan fingerprint density at radius 3 is 2.52 bits per heavy atom. The molecule has 1 aromatic carbocycles. The van der Waals surface area contributed by atoms with Gasteiger partial charge in [0.15, 0.2) is 0 Å². The van der Waals surface area contributed by atoms with Crippen LogP contribution in [0.1, 0.15) is 42.1 Å². The van der Waals surface area contributed by atoms with Crippen LogP contribution in [0, 0.1) is 0 Å². The molecule has 1 fully saturated rings. The van der Waals surface area contributed by atoms with Gasteiger partial charge in [0, 0.05) is 18.5 Å². The van der Waals surface area contributed by atoms with E-state index in [1.54, 1.807) is 12.1 Å². The van der Waals surface area contributed by atoms with Crippen molar-refractivity contribution in [2.24, 2.45) is 0 Å². The molecule has 1 aliphatic heterocycles. The van der Waals surface area contributed by atoms with Crippen molar-refractivity contribution in [1.82, 2.24) is 4.90 Å². The molecule has 0 aromatic heterocycles. The number of unbranched alkanes of at least 4 members (excludes halogenated alkanes) is 1. The van der Waals surface area contributed by atoms with E-state index in [0.717, 1.165) is 19.3 Å². The number of rotatable bonds is 5. The number of benzene rings is 1. The molecule has 1 aromatic rings. The average Bonchev–Trinajstić information content (AvgIpc) is 2.87. The number of amides is 1. The molecule has 0 unspecified atom stereocenters. The van der Waals surface area contributed by atoms with Crippen molar-refractivity contribution in [3.63, 3.8) is 0 Å². The van der Waals surface area contributed by atoms with Crippen molar-refractivity contribution in [3.05, 3.63) is 35.4 Å². The number of likely N-dealkylation sites (tertiary alicyclic amines) is 1. The van der Waals surface area contributed by atoms with E-state index < -0.39 is 18.1 Å². The van der Waals surface area contributed by atoms with Gasteiger partial charge in [-0.25, -0.2) is 4.79 Å². The number of nitrogens with zero attached hydrogens (tertiary/aromatic N) is 1. The molecule has 21 heavy (non-hydrogen) atoms. The van der Waals surface area contributed by atoms with Crippen LogP contribution in [0.5, 0.6) is 0 Å². The summed E-state index contributed by atoms with van der Waals surface area (Å²) in [4.78, 5) is 24.8. The van der Waals surface area contributed by atoms with Crippen molar-refractivity contribution in [3.8, 4) is 0 Å². The number of aliphatic hydroxyl groups is 1. The van der Waals surface area contributed by atoms with Crippen LogP contribution in [-0.4, -0.2) is 45.7 Å². The SMILES string of the molecule is CCCCc1ccc(C(=O)N2C[C@H](O)C[C@@H]2C(=O)O)cc1. The number of carbonyl (C=O) groups excluding carboxylic acids is 1. The lowest BCUT2D eigenvalue weighted by atomic mass is 10.1. The molecule has 2 atom stereocenters. The first-order valence-electron chi connectivity index (χ1n) is 7.33. The first-order valence-corrected chi connectivity index (χ1v) is 7.33. The van der Waals surface area contributed by atoms with Crippen molar-refractivity contribution >= 4 is 11.9 Å². The van der Waals surface area contributed by atoms with Gasteiger partial charge in [-0.2, -0.15) is 0 Å². The van der Waals surface area contributed by atoms with Crippen molar-refractivity contribution in [2.45, 2.75) is 44.8 Å². The number of aliphatic hydroxyl groups excluding tert-OH is 1. The van der Waals surface area contributed by atoms with E-state index in [1.807, 2.05) is 12.1 Å². The fourth-order valence-corrected chi connectivity index (χ4v) is 2.63. The maximum Gasteiger partial charge on any atom is 0.326 e. The normalized spacial score (nSPS) is 21.5. The van der Waals surface area contributed by atoms with Gasteiger partial charge in [0.25, 0.3) is 5.91 Å². The van der Waals surface area contributed by atoms with E-state index in [-0.39, 0.29) is 18.9 Å². The highest BCUT2D eigenvalue weighted by molar-refractivity contribution is 5.97. The largest absolute Gasteiger partial charge is 0.480 e. The van der Waals surface area contributed by atoms with Crippen LogP contribution < -0.4 is 0 Å². The molecule has 0 spiro atoms. The zero-order valence-corrected chi connectivity index (χ0v) is 12.2. The van der Waals surface area contributed by atoms with Gasteiger partial charge in [-0.15, -0.1) is 0 Å². The summed E-state index contributed by atoms with van der Waals surface area (Å²) in [5.41, 5.74) is 1.64. The van der Waals surface area contributed by atoms with E-state index in [9.17, 15) is 14.7 Å². The lowest BCUT2D eigenvalue weighted by molar-refractivity contribution is -0.141. The first-order chi connectivity index (χ1) is 10.0. The Bertz CT molecular complexity index is 512. The molecule has 0 bridgehead atoms. The van der Waals surface area contributed by atoms with Gasteiger partial charge in [-0.05, 0) is 30.5 Å². The number of hydrogen-bond donors (Lipinski definition) is 2. The zero-order chi connectivity index (χ0) is 15.4. The molecule has 1 saturated heterocycles. The Morgan fingerprint density at radius 1 is 1.29 bits per heavy atom. The lowest BCUT2D eigenvalue weighted by Gasteiger charge is -2.21. The highest BCUT2D eigenvalue weighted by atomic mass is 16.4. The number of hydrogen-bond acceptors (Lipinski definition) is 3. The predicted octanol–water partition coefficient (Wildman–Crippen LogP) is 1.69. The molecule has 5 heteroatoms. The van der Waals surface area contributed by atoms with Crippen molar-refractivity contribution < 1.29 is 19.8 Å². The number of carbonyl (C=O) groups is 2. The van der Waals surface area contributed by atoms with E-state index >= 15 is 0 Å². The topological polar surface area (TPSA) is 77.8 Å². The van der Waals surface area contributed by atoms with E-state index in [4.69, 9.17) is 5.11 Å². The molecule has 1 heterocycles. The molecular formula is C16H21NO4. The van der Waals surface area contributed by atoms with Gasteiger partial charge in [-0.1, -0.05) is 25.5 Å². The highest BCUT2D eigenvalue weighted by Crippen LogP contribution is 2.21. The van der Waals surface area contributed by atoms with Crippen LogP contribution in [-0.2, 0) is 11.2 Å². The molecule has 5 nitrogen and oxygen atoms in total. The van der Waals surface area contributed by atoms with Crippen LogP contribution in [0.15, 0.2) is 24.3 Å². The monoisotopic (exact) mass is 291 g/mol. The molecule has 0 radical (unpaired) electrons. The minimum absolute atomic E-state index is 0.0768. The van der Waals surface area contributed by atoms with Crippen LogP contribution in [0.4, 0.5) is 0 Å². The van der Waals surface area contributed by atoms with Gasteiger partial charge in [0.2, 0.25) is 0 Å². The van der Waals surface area contributed by atoms with Gasteiger partial charge >= 0.3 is 5.97 Å². The summed E-state index contributed by atoms with van der Waals surface area (Å²) in [6.45, 7) is 2.20. The smallest absolute Gasteiger partial charge is 0.326 e. The molecular weight excluding hydrogens is 270 g/mol. The number of carboxylic acid groups (broad SMARTS) is 1. The summed E-state index contributed by atoms with van der Waals surface area (Å²) < 4.78 is 0. The molecule has 1 aliphatic rings. The number of β-amino-alcohol motifs (C(OH)–C–C–N with tert-alkyl or cyclic N) is 1. The minimum Gasteiger partial charge on any atom is -0.480 e. The second-order valence-electron chi connectivity index (χ2n) is 5.50. The molecule has 2 rings (SSSR count). The fourth-order valence-electron chi connectivity index (χ4n) is 2.63. The second kappa shape index (κ2) is 6.72. The maximum absolute atomic E-state index is 12.4. The van der Waals surface area contributed by atoms with Gasteiger partial charge in [0.05, 0.1) is 6.10 Å². The number of aryl methyl sites for hydroxylation is 1. The van der Waals surface area contributed by atoms with Gasteiger partial charge in [-0.3, -0.25) is 4.79 Å². The lowest BCUT2D eigenvalue weighted by Crippen LogP contribution is -2.40. The third-order valence-electron chi connectivity index (χ3n) is 3.84. The number of carboxylic acids is 1. The molecule has 114 valence electrons. The van der Waals surface area contributed by atoms with Crippen molar-refractivity contribution in [2.75, 3.05) is 6.54 Å². The second-order valence-corrected chi connectivity index (χ2v) is 5.50. The third kappa shape index (κ3) is 3.61. The van der Waals surface area contributed by atoms with E-state index in [1.165, 1.54) is 10.5 Å².